The average molecular weight is 447 g/mol. The summed E-state index contributed by atoms with van der Waals surface area (Å²) in [6, 6.07) is 3.08. The normalized spacial score (nSPS) is 21.1. The van der Waals surface area contributed by atoms with E-state index >= 15 is 0 Å². The van der Waals surface area contributed by atoms with Crippen molar-refractivity contribution in [1.29, 1.82) is 0 Å². The molecule has 0 radical (unpaired) electrons. The van der Waals surface area contributed by atoms with E-state index < -0.39 is 10.8 Å². The Balaban J connectivity index is 1.51. The fourth-order valence-corrected chi connectivity index (χ4v) is 5.82. The van der Waals surface area contributed by atoms with Crippen molar-refractivity contribution < 1.29 is 23.6 Å². The molecule has 3 heterocycles. The number of amides is 2. The molecule has 1 aromatic carbocycles. The SMILES string of the molecule is COc1ccc2c(c1OC)C(=O)N1C2SC(C)(C)C1C(=O)NCCCc1nc(C)no1. The first-order chi connectivity index (χ1) is 14.8. The predicted octanol–water partition coefficient (Wildman–Crippen LogP) is 2.49. The minimum atomic E-state index is -0.608. The summed E-state index contributed by atoms with van der Waals surface area (Å²) in [5.41, 5.74) is 1.32. The first-order valence-corrected chi connectivity index (χ1v) is 11.0. The van der Waals surface area contributed by atoms with Gasteiger partial charge in [0.1, 0.15) is 11.4 Å². The summed E-state index contributed by atoms with van der Waals surface area (Å²) in [5.74, 6) is 1.66. The van der Waals surface area contributed by atoms with Gasteiger partial charge in [-0.2, -0.15) is 4.98 Å². The molecule has 0 aliphatic carbocycles. The number of thioether (sulfide) groups is 1. The van der Waals surface area contributed by atoms with Gasteiger partial charge in [0, 0.05) is 23.3 Å². The van der Waals surface area contributed by atoms with Crippen molar-refractivity contribution in [3.05, 3.63) is 35.0 Å². The number of aromatic nitrogens is 2. The van der Waals surface area contributed by atoms with Crippen molar-refractivity contribution in [2.24, 2.45) is 0 Å². The number of aryl methyl sites for hydroxylation is 2. The van der Waals surface area contributed by atoms with Crippen LogP contribution < -0.4 is 14.8 Å². The van der Waals surface area contributed by atoms with Crippen LogP contribution in [0.2, 0.25) is 0 Å². The monoisotopic (exact) mass is 446 g/mol. The average Bonchev–Trinajstić information content (AvgIpc) is 3.35. The van der Waals surface area contributed by atoms with Gasteiger partial charge >= 0.3 is 0 Å². The van der Waals surface area contributed by atoms with Crippen molar-refractivity contribution in [2.45, 2.75) is 49.8 Å². The lowest BCUT2D eigenvalue weighted by molar-refractivity contribution is -0.126. The highest BCUT2D eigenvalue weighted by Crippen LogP contribution is 2.58. The fraction of sp³-hybridized carbons (Fsp3) is 0.524. The Morgan fingerprint density at radius 3 is 2.74 bits per heavy atom. The molecule has 31 heavy (non-hydrogen) atoms. The fourth-order valence-electron chi connectivity index (χ4n) is 4.25. The van der Waals surface area contributed by atoms with Crippen LogP contribution in [0.4, 0.5) is 0 Å². The zero-order valence-electron chi connectivity index (χ0n) is 18.2. The van der Waals surface area contributed by atoms with Gasteiger partial charge in [-0.05, 0) is 33.3 Å². The van der Waals surface area contributed by atoms with Crippen LogP contribution >= 0.6 is 11.8 Å². The molecule has 0 spiro atoms. The van der Waals surface area contributed by atoms with E-state index in [1.54, 1.807) is 29.7 Å². The molecule has 2 aromatic rings. The Labute approximate surface area is 184 Å². The third kappa shape index (κ3) is 3.62. The zero-order chi connectivity index (χ0) is 22.3. The molecule has 0 saturated carbocycles. The smallest absolute Gasteiger partial charge is 0.260 e. The molecular weight excluding hydrogens is 420 g/mol. The number of methoxy groups -OCH3 is 2. The van der Waals surface area contributed by atoms with Crippen LogP contribution in [0.5, 0.6) is 11.5 Å². The second-order valence-electron chi connectivity index (χ2n) is 8.08. The van der Waals surface area contributed by atoms with Gasteiger partial charge in [0.15, 0.2) is 17.3 Å². The maximum absolute atomic E-state index is 13.4. The summed E-state index contributed by atoms with van der Waals surface area (Å²) < 4.78 is 15.5. The number of benzene rings is 1. The van der Waals surface area contributed by atoms with E-state index in [1.165, 1.54) is 14.2 Å². The largest absolute Gasteiger partial charge is 0.493 e. The molecule has 0 bridgehead atoms. The number of carbonyl (C=O) groups excluding carboxylic acids is 2. The minimum Gasteiger partial charge on any atom is -0.493 e. The van der Waals surface area contributed by atoms with Gasteiger partial charge in [0.05, 0.1) is 19.8 Å². The molecule has 1 fully saturated rings. The van der Waals surface area contributed by atoms with Gasteiger partial charge < -0.3 is 24.2 Å². The van der Waals surface area contributed by atoms with Gasteiger partial charge in [-0.1, -0.05) is 11.2 Å². The first-order valence-electron chi connectivity index (χ1n) is 10.1. The van der Waals surface area contributed by atoms with E-state index in [9.17, 15) is 9.59 Å². The van der Waals surface area contributed by atoms with E-state index in [-0.39, 0.29) is 17.2 Å². The van der Waals surface area contributed by atoms with E-state index in [2.05, 4.69) is 15.5 Å². The highest BCUT2D eigenvalue weighted by molar-refractivity contribution is 8.01. The maximum atomic E-state index is 13.4. The van der Waals surface area contributed by atoms with E-state index in [4.69, 9.17) is 14.0 Å². The molecule has 2 aliphatic heterocycles. The van der Waals surface area contributed by atoms with Crippen LogP contribution in [0.15, 0.2) is 16.7 Å². The quantitative estimate of drug-likeness (QED) is 0.647. The third-order valence-electron chi connectivity index (χ3n) is 5.58. The van der Waals surface area contributed by atoms with Crippen molar-refractivity contribution in [1.82, 2.24) is 20.4 Å². The highest BCUT2D eigenvalue weighted by atomic mass is 32.2. The van der Waals surface area contributed by atoms with Crippen LogP contribution in [0.25, 0.3) is 0 Å². The van der Waals surface area contributed by atoms with Crippen LogP contribution in [-0.4, -0.2) is 58.4 Å². The highest BCUT2D eigenvalue weighted by Gasteiger charge is 2.58. The third-order valence-corrected chi connectivity index (χ3v) is 7.12. The topological polar surface area (TPSA) is 107 Å². The van der Waals surface area contributed by atoms with Crippen molar-refractivity contribution in [3.8, 4) is 11.5 Å². The second kappa shape index (κ2) is 8.07. The number of carbonyl (C=O) groups is 2. The van der Waals surface area contributed by atoms with Gasteiger partial charge in [0.25, 0.3) is 5.91 Å². The van der Waals surface area contributed by atoms with Crippen LogP contribution in [0, 0.1) is 6.92 Å². The lowest BCUT2D eigenvalue weighted by atomic mass is 10.0. The zero-order valence-corrected chi connectivity index (χ0v) is 19.0. The molecule has 2 atom stereocenters. The lowest BCUT2D eigenvalue weighted by Crippen LogP contribution is -2.52. The first kappa shape index (κ1) is 21.5. The molecule has 9 nitrogen and oxygen atoms in total. The van der Waals surface area contributed by atoms with Crippen molar-refractivity contribution in [2.75, 3.05) is 20.8 Å². The Bertz CT molecular complexity index is 1020. The molecular formula is C21H26N4O5S. The number of nitrogens with zero attached hydrogens (tertiary/aromatic N) is 3. The molecule has 2 unspecified atom stereocenters. The van der Waals surface area contributed by atoms with E-state index in [0.29, 0.717) is 48.2 Å². The summed E-state index contributed by atoms with van der Waals surface area (Å²) in [5, 5.41) is 6.50. The summed E-state index contributed by atoms with van der Waals surface area (Å²) in [7, 11) is 3.05. The molecule has 10 heteroatoms. The number of hydrogen-bond acceptors (Lipinski definition) is 8. The molecule has 1 N–H and O–H groups in total. The minimum absolute atomic E-state index is 0.172. The number of ether oxygens (including phenoxy) is 2. The standard InChI is InChI=1S/C21H26N4O5S/c1-11-23-14(30-24-11)7-6-10-22-18(26)17-21(2,3)31-20-12-8-9-13(28-4)16(29-5)15(12)19(27)25(17)20/h8-9,17,20H,6-7,10H2,1-5H3,(H,22,26). The van der Waals surface area contributed by atoms with Gasteiger partial charge in [-0.25, -0.2) is 0 Å². The van der Waals surface area contributed by atoms with E-state index in [0.717, 1.165) is 5.56 Å². The van der Waals surface area contributed by atoms with Gasteiger partial charge in [-0.3, -0.25) is 9.59 Å². The van der Waals surface area contributed by atoms with Crippen LogP contribution in [0.1, 0.15) is 53.3 Å². The molecule has 2 aliphatic rings. The Morgan fingerprint density at radius 1 is 1.32 bits per heavy atom. The Morgan fingerprint density at radius 2 is 2.10 bits per heavy atom. The van der Waals surface area contributed by atoms with Crippen molar-refractivity contribution in [3.63, 3.8) is 0 Å². The lowest BCUT2D eigenvalue weighted by Gasteiger charge is -2.29. The summed E-state index contributed by atoms with van der Waals surface area (Å²) >= 11 is 1.61. The second-order valence-corrected chi connectivity index (χ2v) is 9.82. The Kier molecular flexibility index (Phi) is 5.59. The number of nitrogens with one attached hydrogen (secondary N) is 1. The predicted molar refractivity (Wildman–Crippen MR) is 114 cm³/mol. The number of rotatable bonds is 7. The van der Waals surface area contributed by atoms with Gasteiger partial charge in [-0.15, -0.1) is 11.8 Å². The summed E-state index contributed by atoms with van der Waals surface area (Å²) in [4.78, 5) is 32.4. The summed E-state index contributed by atoms with van der Waals surface area (Å²) in [6.07, 6.45) is 1.24. The molecule has 166 valence electrons. The van der Waals surface area contributed by atoms with Gasteiger partial charge in [0.2, 0.25) is 11.8 Å². The van der Waals surface area contributed by atoms with Crippen LogP contribution in [0.3, 0.4) is 0 Å². The Hall–Kier alpha value is -2.75. The molecule has 2 amide bonds. The molecule has 1 aromatic heterocycles. The van der Waals surface area contributed by atoms with E-state index in [1.807, 2.05) is 19.9 Å². The van der Waals surface area contributed by atoms with Crippen molar-refractivity contribution >= 4 is 23.6 Å². The molecule has 4 rings (SSSR count). The summed E-state index contributed by atoms with van der Waals surface area (Å²) in [6.45, 7) is 6.21. The number of hydrogen-bond donors (Lipinski definition) is 1. The number of fused-ring (bicyclic) bond motifs is 3. The maximum Gasteiger partial charge on any atom is 0.260 e. The molecule has 1 saturated heterocycles. The van der Waals surface area contributed by atoms with Crippen LogP contribution in [-0.2, 0) is 11.2 Å².